The van der Waals surface area contributed by atoms with Crippen LogP contribution in [-0.2, 0) is 13.2 Å². The smallest absolute Gasteiger partial charge is 0.304 e. The van der Waals surface area contributed by atoms with E-state index < -0.39 is 16.4 Å². The van der Waals surface area contributed by atoms with Crippen LogP contribution in [0.4, 0.5) is 10.1 Å². The van der Waals surface area contributed by atoms with Crippen molar-refractivity contribution in [2.24, 2.45) is 5.73 Å². The lowest BCUT2D eigenvalue weighted by molar-refractivity contribution is -0.387. The highest BCUT2D eigenvalue weighted by molar-refractivity contribution is 5.35. The Bertz CT molecular complexity index is 617. The number of hydrogen-bond donors (Lipinski definition) is 1. The molecule has 0 bridgehead atoms. The van der Waals surface area contributed by atoms with Crippen molar-refractivity contribution in [2.75, 3.05) is 0 Å². The van der Waals surface area contributed by atoms with Crippen LogP contribution in [0.1, 0.15) is 11.3 Å². The van der Waals surface area contributed by atoms with Crippen molar-refractivity contribution in [3.05, 3.63) is 63.7 Å². The first-order chi connectivity index (χ1) is 9.60. The van der Waals surface area contributed by atoms with E-state index in [1.54, 1.807) is 12.1 Å². The van der Waals surface area contributed by atoms with E-state index in [9.17, 15) is 14.5 Å². The van der Waals surface area contributed by atoms with Crippen molar-refractivity contribution < 1.29 is 14.1 Å². The van der Waals surface area contributed by atoms with Crippen LogP contribution in [0.2, 0.25) is 0 Å². The number of nitrogens with two attached hydrogens (primary N) is 1. The summed E-state index contributed by atoms with van der Waals surface area (Å²) in [5.74, 6) is -0.367. The minimum atomic E-state index is -0.882. The highest BCUT2D eigenvalue weighted by Crippen LogP contribution is 2.19. The Hall–Kier alpha value is -2.54. The van der Waals surface area contributed by atoms with Crippen LogP contribution < -0.4 is 10.5 Å². The molecular formula is C13H12FN3O3. The van der Waals surface area contributed by atoms with Gasteiger partial charge >= 0.3 is 5.69 Å². The van der Waals surface area contributed by atoms with Crippen molar-refractivity contribution >= 4 is 5.69 Å². The van der Waals surface area contributed by atoms with Crippen molar-refractivity contribution in [3.8, 4) is 5.75 Å². The lowest BCUT2D eigenvalue weighted by Crippen LogP contribution is -2.01. The third-order valence-electron chi connectivity index (χ3n) is 2.62. The summed E-state index contributed by atoms with van der Waals surface area (Å²) in [6.07, 6.45) is 1.52. The van der Waals surface area contributed by atoms with Crippen LogP contribution in [0, 0.1) is 15.9 Å². The van der Waals surface area contributed by atoms with Gasteiger partial charge in [-0.25, -0.2) is 0 Å². The van der Waals surface area contributed by atoms with Crippen LogP contribution in [0.5, 0.6) is 5.75 Å². The summed E-state index contributed by atoms with van der Waals surface area (Å²) in [4.78, 5) is 13.8. The summed E-state index contributed by atoms with van der Waals surface area (Å²) in [6.45, 7) is 0.437. The Balaban J connectivity index is 2.03. The molecule has 0 spiro atoms. The molecule has 1 aromatic heterocycles. The predicted octanol–water partition coefficient (Wildman–Crippen LogP) is 2.17. The number of ether oxygens (including phenoxy) is 1. The third-order valence-corrected chi connectivity index (χ3v) is 2.62. The second-order valence-corrected chi connectivity index (χ2v) is 4.02. The molecule has 0 fully saturated rings. The standard InChI is InChI=1S/C13H12FN3O3/c14-12-5-9(1-4-13(12)17(18)19)8-20-11-3-2-10(6-15)16-7-11/h1-5,7H,6,8,15H2. The molecule has 20 heavy (non-hydrogen) atoms. The summed E-state index contributed by atoms with van der Waals surface area (Å²) >= 11 is 0. The average Bonchev–Trinajstić information content (AvgIpc) is 2.45. The predicted molar refractivity (Wildman–Crippen MR) is 69.5 cm³/mol. The van der Waals surface area contributed by atoms with E-state index in [2.05, 4.69) is 4.98 Å². The minimum absolute atomic E-state index is 0.0958. The topological polar surface area (TPSA) is 91.3 Å². The molecule has 7 heteroatoms. The Labute approximate surface area is 114 Å². The fraction of sp³-hybridized carbons (Fsp3) is 0.154. The van der Waals surface area contributed by atoms with Gasteiger partial charge in [-0.2, -0.15) is 4.39 Å². The number of nitrogens with zero attached hydrogens (tertiary/aromatic N) is 2. The summed E-state index contributed by atoms with van der Waals surface area (Å²) in [6, 6.07) is 7.08. The molecule has 0 saturated carbocycles. The first kappa shape index (κ1) is 13.9. The maximum Gasteiger partial charge on any atom is 0.304 e. The molecule has 0 aliphatic rings. The van der Waals surface area contributed by atoms with Crippen LogP contribution in [0.25, 0.3) is 0 Å². The van der Waals surface area contributed by atoms with Gasteiger partial charge in [0.05, 0.1) is 16.8 Å². The maximum absolute atomic E-state index is 13.4. The second-order valence-electron chi connectivity index (χ2n) is 4.02. The van der Waals surface area contributed by atoms with Crippen LogP contribution in [0.3, 0.4) is 0 Å². The molecule has 2 rings (SSSR count). The summed E-state index contributed by atoms with van der Waals surface area (Å²) in [5, 5.41) is 10.5. The van der Waals surface area contributed by atoms with Gasteiger partial charge in [0.25, 0.3) is 0 Å². The van der Waals surface area contributed by atoms with Crippen molar-refractivity contribution in [3.63, 3.8) is 0 Å². The van der Waals surface area contributed by atoms with Gasteiger partial charge in [0.15, 0.2) is 0 Å². The number of hydrogen-bond acceptors (Lipinski definition) is 5. The molecule has 0 aliphatic heterocycles. The third kappa shape index (κ3) is 3.27. The minimum Gasteiger partial charge on any atom is -0.487 e. The molecular weight excluding hydrogens is 265 g/mol. The van der Waals surface area contributed by atoms with Gasteiger partial charge in [0.1, 0.15) is 12.4 Å². The highest BCUT2D eigenvalue weighted by atomic mass is 19.1. The molecule has 0 amide bonds. The largest absolute Gasteiger partial charge is 0.487 e. The fourth-order valence-corrected chi connectivity index (χ4v) is 1.57. The molecule has 6 nitrogen and oxygen atoms in total. The van der Waals surface area contributed by atoms with Gasteiger partial charge < -0.3 is 10.5 Å². The first-order valence-corrected chi connectivity index (χ1v) is 5.81. The normalized spacial score (nSPS) is 10.3. The zero-order valence-electron chi connectivity index (χ0n) is 10.5. The lowest BCUT2D eigenvalue weighted by atomic mass is 10.2. The van der Waals surface area contributed by atoms with E-state index in [1.807, 2.05) is 0 Å². The van der Waals surface area contributed by atoms with E-state index >= 15 is 0 Å². The highest BCUT2D eigenvalue weighted by Gasteiger charge is 2.13. The molecule has 1 heterocycles. The summed E-state index contributed by atoms with van der Waals surface area (Å²) < 4.78 is 18.8. The molecule has 2 N–H and O–H groups in total. The van der Waals surface area contributed by atoms with Crippen LogP contribution in [0.15, 0.2) is 36.5 Å². The Morgan fingerprint density at radius 3 is 2.70 bits per heavy atom. The second kappa shape index (κ2) is 6.07. The van der Waals surface area contributed by atoms with Gasteiger partial charge in [-0.15, -0.1) is 0 Å². The Kier molecular flexibility index (Phi) is 4.21. The van der Waals surface area contributed by atoms with Gasteiger partial charge in [-0.05, 0) is 29.8 Å². The Morgan fingerprint density at radius 1 is 1.35 bits per heavy atom. The van der Waals surface area contributed by atoms with Crippen LogP contribution in [-0.4, -0.2) is 9.91 Å². The first-order valence-electron chi connectivity index (χ1n) is 5.81. The molecule has 0 unspecified atom stereocenters. The Morgan fingerprint density at radius 2 is 2.15 bits per heavy atom. The maximum atomic E-state index is 13.4. The van der Waals surface area contributed by atoms with Crippen molar-refractivity contribution in [2.45, 2.75) is 13.2 Å². The molecule has 2 aromatic rings. The number of nitro benzene ring substituents is 1. The molecule has 0 aliphatic carbocycles. The van der Waals surface area contributed by atoms with Crippen molar-refractivity contribution in [1.29, 1.82) is 0 Å². The zero-order chi connectivity index (χ0) is 14.5. The van der Waals surface area contributed by atoms with Gasteiger partial charge in [-0.3, -0.25) is 15.1 Å². The SMILES string of the molecule is NCc1ccc(OCc2ccc([N+](=O)[O-])c(F)c2)cn1. The average molecular weight is 277 g/mol. The number of rotatable bonds is 5. The molecule has 104 valence electrons. The van der Waals surface area contributed by atoms with Gasteiger partial charge in [0, 0.05) is 12.6 Å². The van der Waals surface area contributed by atoms with E-state index in [-0.39, 0.29) is 6.61 Å². The lowest BCUT2D eigenvalue weighted by Gasteiger charge is -2.06. The van der Waals surface area contributed by atoms with E-state index in [4.69, 9.17) is 10.5 Å². The summed E-state index contributed by atoms with van der Waals surface area (Å²) in [5.41, 5.74) is 6.10. The van der Waals surface area contributed by atoms with Crippen molar-refractivity contribution in [1.82, 2.24) is 4.98 Å². The number of benzene rings is 1. The van der Waals surface area contributed by atoms with E-state index in [0.717, 1.165) is 17.8 Å². The number of halogens is 1. The zero-order valence-corrected chi connectivity index (χ0v) is 10.5. The molecule has 0 radical (unpaired) electrons. The summed E-state index contributed by atoms with van der Waals surface area (Å²) in [7, 11) is 0. The molecule has 1 aromatic carbocycles. The van der Waals surface area contributed by atoms with E-state index in [0.29, 0.717) is 17.9 Å². The fourth-order valence-electron chi connectivity index (χ4n) is 1.57. The number of pyridine rings is 1. The van der Waals surface area contributed by atoms with Gasteiger partial charge in [0.2, 0.25) is 5.82 Å². The van der Waals surface area contributed by atoms with Crippen LogP contribution >= 0.6 is 0 Å². The number of nitro groups is 1. The molecule has 0 atom stereocenters. The molecule has 0 saturated heterocycles. The number of aromatic nitrogens is 1. The van der Waals surface area contributed by atoms with Gasteiger partial charge in [-0.1, -0.05) is 0 Å². The van der Waals surface area contributed by atoms with E-state index in [1.165, 1.54) is 12.3 Å². The monoisotopic (exact) mass is 277 g/mol. The quantitative estimate of drug-likeness (QED) is 0.668.